The number of nitrogens with zero attached hydrogens (tertiary/aromatic N) is 8. The zero-order valence-electron chi connectivity index (χ0n) is 14.3. The van der Waals surface area contributed by atoms with Crippen molar-refractivity contribution in [3.05, 3.63) is 47.7 Å². The summed E-state index contributed by atoms with van der Waals surface area (Å²) in [4.78, 5) is 8.96. The van der Waals surface area contributed by atoms with Gasteiger partial charge in [0.15, 0.2) is 0 Å². The predicted octanol–water partition coefficient (Wildman–Crippen LogP) is 1.84. The summed E-state index contributed by atoms with van der Waals surface area (Å²) in [7, 11) is 3.88. The highest BCUT2D eigenvalue weighted by Crippen LogP contribution is 2.54. The third-order valence-corrected chi connectivity index (χ3v) is 4.80. The van der Waals surface area contributed by atoms with Crippen LogP contribution in [0.25, 0.3) is 17.3 Å². The lowest BCUT2D eigenvalue weighted by atomic mass is 10.1. The first-order valence-corrected chi connectivity index (χ1v) is 8.31. The van der Waals surface area contributed by atoms with Crippen LogP contribution in [0.2, 0.25) is 0 Å². The molecule has 5 rings (SSSR count). The Morgan fingerprint density at radius 1 is 1.12 bits per heavy atom. The zero-order chi connectivity index (χ0) is 17.1. The Kier molecular flexibility index (Phi) is 2.85. The highest BCUT2D eigenvalue weighted by atomic mass is 15.4. The Bertz CT molecular complexity index is 1090. The van der Waals surface area contributed by atoms with E-state index >= 15 is 0 Å². The summed E-state index contributed by atoms with van der Waals surface area (Å²) in [6.07, 6.45) is 7.03. The molecule has 2 atom stereocenters. The summed E-state index contributed by atoms with van der Waals surface area (Å²) in [5.41, 5.74) is 4.21. The van der Waals surface area contributed by atoms with Gasteiger partial charge in [-0.25, -0.2) is 9.50 Å². The van der Waals surface area contributed by atoms with Gasteiger partial charge in [-0.05, 0) is 37.0 Å². The molecule has 126 valence electrons. The van der Waals surface area contributed by atoms with Crippen LogP contribution in [0.15, 0.2) is 30.7 Å². The number of fused-ring (bicyclic) bond motifs is 1. The van der Waals surface area contributed by atoms with Gasteiger partial charge >= 0.3 is 0 Å². The van der Waals surface area contributed by atoms with Gasteiger partial charge in [-0.1, -0.05) is 0 Å². The molecule has 25 heavy (non-hydrogen) atoms. The van der Waals surface area contributed by atoms with Crippen LogP contribution in [-0.4, -0.2) is 39.1 Å². The molecule has 0 aliphatic heterocycles. The van der Waals surface area contributed by atoms with Gasteiger partial charge in [-0.15, -0.1) is 5.10 Å². The van der Waals surface area contributed by atoms with Crippen molar-refractivity contribution < 1.29 is 0 Å². The fourth-order valence-electron chi connectivity index (χ4n) is 3.38. The summed E-state index contributed by atoms with van der Waals surface area (Å²) >= 11 is 0. The molecule has 4 aromatic heterocycles. The van der Waals surface area contributed by atoms with E-state index in [4.69, 9.17) is 5.10 Å². The van der Waals surface area contributed by atoms with Crippen LogP contribution in [0.1, 0.15) is 35.2 Å². The normalized spacial score (nSPS) is 19.6. The van der Waals surface area contributed by atoms with Crippen molar-refractivity contribution in [3.63, 3.8) is 0 Å². The maximum absolute atomic E-state index is 4.70. The molecule has 0 amide bonds. The summed E-state index contributed by atoms with van der Waals surface area (Å²) in [6, 6.07) is 4.02. The van der Waals surface area contributed by atoms with Crippen molar-refractivity contribution in [2.24, 2.45) is 14.1 Å². The average Bonchev–Trinajstić information content (AvgIpc) is 2.90. The third-order valence-electron chi connectivity index (χ3n) is 4.80. The lowest BCUT2D eigenvalue weighted by Crippen LogP contribution is -1.96. The lowest BCUT2D eigenvalue weighted by Gasteiger charge is -1.93. The Morgan fingerprint density at radius 3 is 2.80 bits per heavy atom. The molecule has 0 radical (unpaired) electrons. The van der Waals surface area contributed by atoms with E-state index in [2.05, 4.69) is 32.4 Å². The highest BCUT2D eigenvalue weighted by molar-refractivity contribution is 5.54. The van der Waals surface area contributed by atoms with E-state index in [0.717, 1.165) is 23.5 Å². The molecule has 1 fully saturated rings. The van der Waals surface area contributed by atoms with Gasteiger partial charge in [-0.3, -0.25) is 9.36 Å². The van der Waals surface area contributed by atoms with E-state index in [-0.39, 0.29) is 0 Å². The molecule has 4 aromatic rings. The van der Waals surface area contributed by atoms with Crippen LogP contribution >= 0.6 is 0 Å². The van der Waals surface area contributed by atoms with Gasteiger partial charge in [0.1, 0.15) is 5.69 Å². The standard InChI is InChI=1S/C17H18N8/c1-10-4-5-25-17(19-10)20-16(22-25)15-7-14(21-24(15)3)13-6-12(13)11-8-18-23(2)9-11/h4-5,7-9,12-13H,6H2,1-3H3. The summed E-state index contributed by atoms with van der Waals surface area (Å²) < 4.78 is 5.41. The molecular formula is C17H18N8. The van der Waals surface area contributed by atoms with Crippen LogP contribution in [0, 0.1) is 6.92 Å². The van der Waals surface area contributed by atoms with E-state index in [1.54, 1.807) is 4.52 Å². The van der Waals surface area contributed by atoms with Gasteiger partial charge < -0.3 is 0 Å². The maximum atomic E-state index is 4.70. The smallest absolute Gasteiger partial charge is 0.252 e. The second-order valence-electron chi connectivity index (χ2n) is 6.72. The van der Waals surface area contributed by atoms with Crippen molar-refractivity contribution in [3.8, 4) is 11.5 Å². The van der Waals surface area contributed by atoms with Crippen LogP contribution in [-0.2, 0) is 14.1 Å². The average molecular weight is 334 g/mol. The molecule has 0 saturated heterocycles. The lowest BCUT2D eigenvalue weighted by molar-refractivity contribution is 0.742. The van der Waals surface area contributed by atoms with Crippen molar-refractivity contribution >= 4 is 5.78 Å². The first-order valence-electron chi connectivity index (χ1n) is 8.31. The maximum Gasteiger partial charge on any atom is 0.252 e. The first kappa shape index (κ1) is 14.3. The molecule has 4 heterocycles. The van der Waals surface area contributed by atoms with E-state index < -0.39 is 0 Å². The van der Waals surface area contributed by atoms with E-state index in [9.17, 15) is 0 Å². The fourth-order valence-corrected chi connectivity index (χ4v) is 3.38. The molecule has 1 aliphatic carbocycles. The van der Waals surface area contributed by atoms with Crippen LogP contribution in [0.4, 0.5) is 0 Å². The molecule has 0 spiro atoms. The molecule has 0 bridgehead atoms. The quantitative estimate of drug-likeness (QED) is 0.571. The Hall–Kier alpha value is -3.03. The van der Waals surface area contributed by atoms with Gasteiger partial charge in [0.2, 0.25) is 5.82 Å². The van der Waals surface area contributed by atoms with E-state index in [0.29, 0.717) is 23.4 Å². The zero-order valence-corrected chi connectivity index (χ0v) is 14.3. The van der Waals surface area contributed by atoms with Crippen LogP contribution in [0.3, 0.4) is 0 Å². The summed E-state index contributed by atoms with van der Waals surface area (Å²) in [5, 5.41) is 13.5. The molecule has 1 saturated carbocycles. The Morgan fingerprint density at radius 2 is 2.00 bits per heavy atom. The number of hydrogen-bond donors (Lipinski definition) is 0. The van der Waals surface area contributed by atoms with Crippen molar-refractivity contribution in [1.82, 2.24) is 39.1 Å². The topological polar surface area (TPSA) is 78.7 Å². The summed E-state index contributed by atoms with van der Waals surface area (Å²) in [5.74, 6) is 2.21. The molecule has 2 unspecified atom stereocenters. The fraction of sp³-hybridized carbons (Fsp3) is 0.353. The summed E-state index contributed by atoms with van der Waals surface area (Å²) in [6.45, 7) is 1.95. The largest absolute Gasteiger partial charge is 0.276 e. The Labute approximate surface area is 144 Å². The van der Waals surface area contributed by atoms with Gasteiger partial charge in [-0.2, -0.15) is 15.2 Å². The number of rotatable bonds is 3. The van der Waals surface area contributed by atoms with Crippen LogP contribution < -0.4 is 0 Å². The minimum atomic E-state index is 0.446. The molecule has 0 aromatic carbocycles. The number of hydrogen-bond acceptors (Lipinski definition) is 5. The molecular weight excluding hydrogens is 316 g/mol. The molecule has 8 nitrogen and oxygen atoms in total. The molecule has 8 heteroatoms. The second-order valence-corrected chi connectivity index (χ2v) is 6.72. The SMILES string of the molecule is Cc1ccn2nc(-c3cc(C4CC4c4cnn(C)c4)nn3C)nc2n1. The second kappa shape index (κ2) is 4.98. The van der Waals surface area contributed by atoms with E-state index in [1.807, 2.05) is 48.8 Å². The minimum absolute atomic E-state index is 0.446. The highest BCUT2D eigenvalue weighted by Gasteiger charge is 2.42. The van der Waals surface area contributed by atoms with Gasteiger partial charge in [0.05, 0.1) is 11.9 Å². The first-order chi connectivity index (χ1) is 12.1. The molecule has 0 N–H and O–H groups in total. The van der Waals surface area contributed by atoms with Crippen molar-refractivity contribution in [2.45, 2.75) is 25.2 Å². The number of aryl methyl sites for hydroxylation is 3. The van der Waals surface area contributed by atoms with Gasteiger partial charge in [0, 0.05) is 38.1 Å². The molecule has 1 aliphatic rings. The monoisotopic (exact) mass is 334 g/mol. The predicted molar refractivity (Wildman–Crippen MR) is 91.0 cm³/mol. The van der Waals surface area contributed by atoms with Crippen molar-refractivity contribution in [1.29, 1.82) is 0 Å². The Balaban J connectivity index is 1.47. The van der Waals surface area contributed by atoms with E-state index in [1.165, 1.54) is 5.56 Å². The van der Waals surface area contributed by atoms with Crippen molar-refractivity contribution in [2.75, 3.05) is 0 Å². The number of aromatic nitrogens is 8. The minimum Gasteiger partial charge on any atom is -0.276 e. The third kappa shape index (κ3) is 2.33. The van der Waals surface area contributed by atoms with Crippen LogP contribution in [0.5, 0.6) is 0 Å². The van der Waals surface area contributed by atoms with Gasteiger partial charge in [0.25, 0.3) is 5.78 Å².